The van der Waals surface area contributed by atoms with Gasteiger partial charge >= 0.3 is 6.09 Å². The van der Waals surface area contributed by atoms with Gasteiger partial charge in [-0.3, -0.25) is 4.98 Å². The Morgan fingerprint density at radius 3 is 2.58 bits per heavy atom. The fourth-order valence-electron chi connectivity index (χ4n) is 2.61. The van der Waals surface area contributed by atoms with Crippen molar-refractivity contribution in [2.75, 3.05) is 6.54 Å². The first kappa shape index (κ1) is 20.7. The SMILES string of the molecule is CC(C)(C)OC(=O)NCCC(Cc1ccc(Cl)cc1)c1cncc(Br)c1. The van der Waals surface area contributed by atoms with Crippen LogP contribution in [0.3, 0.4) is 0 Å². The molecule has 26 heavy (non-hydrogen) atoms. The molecule has 0 saturated heterocycles. The Bertz CT molecular complexity index is 729. The summed E-state index contributed by atoms with van der Waals surface area (Å²) in [4.78, 5) is 16.1. The maximum Gasteiger partial charge on any atom is 0.407 e. The number of benzene rings is 1. The Morgan fingerprint density at radius 1 is 1.27 bits per heavy atom. The molecule has 1 unspecified atom stereocenters. The highest BCUT2D eigenvalue weighted by atomic mass is 79.9. The molecule has 0 spiro atoms. The second kappa shape index (κ2) is 9.38. The summed E-state index contributed by atoms with van der Waals surface area (Å²) in [5.41, 5.74) is 1.82. The van der Waals surface area contributed by atoms with Crippen LogP contribution in [0.15, 0.2) is 47.2 Å². The number of amides is 1. The van der Waals surface area contributed by atoms with Crippen LogP contribution in [0.5, 0.6) is 0 Å². The number of aromatic nitrogens is 1. The van der Waals surface area contributed by atoms with Crippen molar-refractivity contribution in [3.63, 3.8) is 0 Å². The number of pyridine rings is 1. The van der Waals surface area contributed by atoms with Gasteiger partial charge in [0, 0.05) is 28.4 Å². The first-order chi connectivity index (χ1) is 12.2. The van der Waals surface area contributed by atoms with Gasteiger partial charge in [-0.15, -0.1) is 0 Å². The Kier molecular flexibility index (Phi) is 7.47. The molecule has 2 rings (SSSR count). The molecular formula is C20H24BrClN2O2. The van der Waals surface area contributed by atoms with Crippen molar-refractivity contribution in [3.05, 3.63) is 63.3 Å². The zero-order valence-corrected chi connectivity index (χ0v) is 17.6. The van der Waals surface area contributed by atoms with Crippen LogP contribution in [0.4, 0.5) is 4.79 Å². The average molecular weight is 440 g/mol. The first-order valence-electron chi connectivity index (χ1n) is 8.55. The Balaban J connectivity index is 2.03. The predicted octanol–water partition coefficient (Wildman–Crippen LogP) is 5.74. The van der Waals surface area contributed by atoms with E-state index in [-0.39, 0.29) is 5.92 Å². The predicted molar refractivity (Wildman–Crippen MR) is 109 cm³/mol. The molecule has 0 aliphatic carbocycles. The molecular weight excluding hydrogens is 416 g/mol. The van der Waals surface area contributed by atoms with Crippen LogP contribution in [-0.4, -0.2) is 23.2 Å². The smallest absolute Gasteiger partial charge is 0.407 e. The van der Waals surface area contributed by atoms with E-state index in [9.17, 15) is 4.79 Å². The molecule has 0 aliphatic heterocycles. The third-order valence-corrected chi connectivity index (χ3v) is 4.44. The normalized spacial score (nSPS) is 12.5. The number of carbonyl (C=O) groups excluding carboxylic acids is 1. The van der Waals surface area contributed by atoms with E-state index in [0.717, 1.165) is 27.9 Å². The molecule has 1 aromatic carbocycles. The van der Waals surface area contributed by atoms with Crippen molar-refractivity contribution in [2.24, 2.45) is 0 Å². The number of carbonyl (C=O) groups is 1. The number of hydrogen-bond acceptors (Lipinski definition) is 3. The Morgan fingerprint density at radius 2 is 1.96 bits per heavy atom. The monoisotopic (exact) mass is 438 g/mol. The molecule has 1 aromatic heterocycles. The lowest BCUT2D eigenvalue weighted by Crippen LogP contribution is -2.33. The van der Waals surface area contributed by atoms with Gasteiger partial charge < -0.3 is 10.1 Å². The largest absolute Gasteiger partial charge is 0.444 e. The van der Waals surface area contributed by atoms with E-state index in [1.807, 2.05) is 51.2 Å². The van der Waals surface area contributed by atoms with Crippen molar-refractivity contribution >= 4 is 33.6 Å². The maximum atomic E-state index is 11.9. The van der Waals surface area contributed by atoms with Crippen LogP contribution in [0.2, 0.25) is 5.02 Å². The summed E-state index contributed by atoms with van der Waals surface area (Å²) in [5, 5.41) is 3.56. The molecule has 0 saturated carbocycles. The van der Waals surface area contributed by atoms with Gasteiger partial charge in [-0.25, -0.2) is 4.79 Å². The fourth-order valence-corrected chi connectivity index (χ4v) is 3.11. The number of halogens is 2. The van der Waals surface area contributed by atoms with E-state index in [0.29, 0.717) is 6.54 Å². The Labute approximate surface area is 168 Å². The summed E-state index contributed by atoms with van der Waals surface area (Å²) in [6.07, 6.45) is 4.86. The standard InChI is InChI=1S/C20H24BrClN2O2/c1-20(2,3)26-19(25)24-9-8-15(16-11-17(21)13-23-12-16)10-14-4-6-18(22)7-5-14/h4-7,11-13,15H,8-10H2,1-3H3,(H,24,25). The summed E-state index contributed by atoms with van der Waals surface area (Å²) < 4.78 is 6.23. The van der Waals surface area contributed by atoms with Crippen LogP contribution >= 0.6 is 27.5 Å². The molecule has 0 aliphatic rings. The van der Waals surface area contributed by atoms with Crippen LogP contribution in [-0.2, 0) is 11.2 Å². The maximum absolute atomic E-state index is 11.9. The van der Waals surface area contributed by atoms with Crippen molar-refractivity contribution in [1.29, 1.82) is 0 Å². The second-order valence-electron chi connectivity index (χ2n) is 7.18. The number of alkyl carbamates (subject to hydrolysis) is 1. The second-order valence-corrected chi connectivity index (χ2v) is 8.53. The number of rotatable bonds is 6. The lowest BCUT2D eigenvalue weighted by molar-refractivity contribution is 0.0526. The molecule has 1 N–H and O–H groups in total. The van der Waals surface area contributed by atoms with E-state index < -0.39 is 11.7 Å². The van der Waals surface area contributed by atoms with Gasteiger partial charge in [0.25, 0.3) is 0 Å². The molecule has 0 fully saturated rings. The minimum absolute atomic E-state index is 0.219. The highest BCUT2D eigenvalue weighted by Gasteiger charge is 2.17. The minimum Gasteiger partial charge on any atom is -0.444 e. The van der Waals surface area contributed by atoms with Crippen molar-refractivity contribution in [2.45, 2.75) is 45.1 Å². The lowest BCUT2D eigenvalue weighted by atomic mass is 9.90. The van der Waals surface area contributed by atoms with Crippen LogP contribution < -0.4 is 5.32 Å². The summed E-state index contributed by atoms with van der Waals surface area (Å²) >= 11 is 9.46. The number of hydrogen-bond donors (Lipinski definition) is 1. The highest BCUT2D eigenvalue weighted by Crippen LogP contribution is 2.26. The van der Waals surface area contributed by atoms with E-state index in [1.54, 1.807) is 6.20 Å². The molecule has 0 radical (unpaired) electrons. The van der Waals surface area contributed by atoms with E-state index in [1.165, 1.54) is 5.56 Å². The van der Waals surface area contributed by atoms with Crippen molar-refractivity contribution < 1.29 is 9.53 Å². The van der Waals surface area contributed by atoms with E-state index >= 15 is 0 Å². The fraction of sp³-hybridized carbons (Fsp3) is 0.400. The number of ether oxygens (including phenoxy) is 1. The molecule has 0 bridgehead atoms. The zero-order valence-electron chi connectivity index (χ0n) is 15.3. The van der Waals surface area contributed by atoms with Gasteiger partial charge in [-0.2, -0.15) is 0 Å². The van der Waals surface area contributed by atoms with Gasteiger partial charge in [0.1, 0.15) is 5.60 Å². The number of nitrogens with zero attached hydrogens (tertiary/aromatic N) is 1. The average Bonchev–Trinajstić information content (AvgIpc) is 2.54. The minimum atomic E-state index is -0.499. The molecule has 2 aromatic rings. The first-order valence-corrected chi connectivity index (χ1v) is 9.72. The third-order valence-electron chi connectivity index (χ3n) is 3.75. The topological polar surface area (TPSA) is 51.2 Å². The summed E-state index contributed by atoms with van der Waals surface area (Å²) in [5.74, 6) is 0.219. The van der Waals surface area contributed by atoms with Gasteiger partial charge in [-0.1, -0.05) is 23.7 Å². The summed E-state index contributed by atoms with van der Waals surface area (Å²) in [6.45, 7) is 6.08. The molecule has 140 valence electrons. The van der Waals surface area contributed by atoms with Gasteiger partial charge in [0.15, 0.2) is 0 Å². The summed E-state index contributed by atoms with van der Waals surface area (Å²) in [6, 6.07) is 9.92. The Hall–Kier alpha value is -1.59. The molecule has 1 atom stereocenters. The van der Waals surface area contributed by atoms with E-state index in [4.69, 9.17) is 16.3 Å². The zero-order chi connectivity index (χ0) is 19.2. The van der Waals surface area contributed by atoms with Crippen LogP contribution in [0.25, 0.3) is 0 Å². The third kappa shape index (κ3) is 7.34. The molecule has 4 nitrogen and oxygen atoms in total. The van der Waals surface area contributed by atoms with Crippen molar-refractivity contribution in [1.82, 2.24) is 10.3 Å². The molecule has 1 amide bonds. The quantitative estimate of drug-likeness (QED) is 0.624. The van der Waals surface area contributed by atoms with Crippen molar-refractivity contribution in [3.8, 4) is 0 Å². The molecule has 6 heteroatoms. The van der Waals surface area contributed by atoms with Gasteiger partial charge in [0.05, 0.1) is 0 Å². The number of nitrogens with one attached hydrogen (secondary N) is 1. The lowest BCUT2D eigenvalue weighted by Gasteiger charge is -2.21. The van der Waals surface area contributed by atoms with Crippen LogP contribution in [0.1, 0.15) is 44.2 Å². The summed E-state index contributed by atoms with van der Waals surface area (Å²) in [7, 11) is 0. The van der Waals surface area contributed by atoms with E-state index in [2.05, 4.69) is 32.3 Å². The highest BCUT2D eigenvalue weighted by molar-refractivity contribution is 9.10. The molecule has 1 heterocycles. The van der Waals surface area contributed by atoms with Gasteiger partial charge in [0.2, 0.25) is 0 Å². The van der Waals surface area contributed by atoms with Crippen LogP contribution in [0, 0.1) is 0 Å². The van der Waals surface area contributed by atoms with Gasteiger partial charge in [-0.05, 0) is 84.8 Å².